The van der Waals surface area contributed by atoms with Gasteiger partial charge in [-0.15, -0.1) is 0 Å². The van der Waals surface area contributed by atoms with Crippen LogP contribution >= 0.6 is 23.2 Å². The van der Waals surface area contributed by atoms with Gasteiger partial charge in [-0.05, 0) is 51.9 Å². The topological polar surface area (TPSA) is 34.1 Å². The fourth-order valence-corrected chi connectivity index (χ4v) is 2.51. The summed E-state index contributed by atoms with van der Waals surface area (Å²) in [7, 11) is 0. The van der Waals surface area contributed by atoms with Gasteiger partial charge in [-0.3, -0.25) is 9.59 Å². The van der Waals surface area contributed by atoms with E-state index >= 15 is 0 Å². The third-order valence-electron chi connectivity index (χ3n) is 3.21. The average molecular weight is 321 g/mol. The van der Waals surface area contributed by atoms with Crippen molar-refractivity contribution in [3.63, 3.8) is 0 Å². The molecule has 0 atom stereocenters. The van der Waals surface area contributed by atoms with Gasteiger partial charge in [0.1, 0.15) is 0 Å². The van der Waals surface area contributed by atoms with Gasteiger partial charge in [0.15, 0.2) is 0 Å². The lowest BCUT2D eigenvalue weighted by molar-refractivity contribution is -0.111. The molecule has 0 heterocycles. The van der Waals surface area contributed by atoms with Crippen LogP contribution in [-0.2, 0) is 28.9 Å². The van der Waals surface area contributed by atoms with Crippen LogP contribution in [0.15, 0.2) is 48.5 Å². The van der Waals surface area contributed by atoms with Crippen LogP contribution in [0.4, 0.5) is 0 Å². The van der Waals surface area contributed by atoms with Gasteiger partial charge in [0, 0.05) is 12.8 Å². The Morgan fingerprint density at radius 2 is 1.24 bits per heavy atom. The molecule has 0 N–H and O–H groups in total. The number of hydrogen-bond donors (Lipinski definition) is 0. The Balaban J connectivity index is 2.14. The van der Waals surface area contributed by atoms with Crippen LogP contribution in [0.1, 0.15) is 22.3 Å². The zero-order valence-corrected chi connectivity index (χ0v) is 12.8. The summed E-state index contributed by atoms with van der Waals surface area (Å²) in [5.41, 5.74) is 4.02. The van der Waals surface area contributed by atoms with Crippen molar-refractivity contribution in [1.82, 2.24) is 0 Å². The molecule has 0 aliphatic heterocycles. The molecule has 0 bridgehead atoms. The summed E-state index contributed by atoms with van der Waals surface area (Å²) >= 11 is 10.8. The molecule has 0 unspecified atom stereocenters. The Morgan fingerprint density at radius 3 is 1.81 bits per heavy atom. The third kappa shape index (κ3) is 5.00. The summed E-state index contributed by atoms with van der Waals surface area (Å²) in [5.74, 6) is 0. The van der Waals surface area contributed by atoms with E-state index in [1.165, 1.54) is 0 Å². The molecule has 2 aromatic carbocycles. The molecule has 2 rings (SSSR count). The molecule has 4 heteroatoms. The zero-order chi connectivity index (χ0) is 15.2. The lowest BCUT2D eigenvalue weighted by Gasteiger charge is -2.08. The van der Waals surface area contributed by atoms with Crippen LogP contribution in [0.2, 0.25) is 0 Å². The Labute approximate surface area is 133 Å². The minimum absolute atomic E-state index is 0.233. The molecule has 0 saturated heterocycles. The van der Waals surface area contributed by atoms with E-state index < -0.39 is 0 Å². The monoisotopic (exact) mass is 320 g/mol. The van der Waals surface area contributed by atoms with Gasteiger partial charge in [-0.1, -0.05) is 48.5 Å². The molecule has 2 nitrogen and oxygen atoms in total. The molecular formula is C17H14Cl2O2. The molecule has 0 saturated carbocycles. The van der Waals surface area contributed by atoms with Gasteiger partial charge in [0.2, 0.25) is 10.5 Å². The first-order chi connectivity index (χ1) is 10.0. The molecule has 0 fully saturated rings. The highest BCUT2D eigenvalue weighted by atomic mass is 35.5. The maximum absolute atomic E-state index is 11.1. The third-order valence-corrected chi connectivity index (χ3v) is 3.48. The molecule has 0 amide bonds. The van der Waals surface area contributed by atoms with E-state index in [4.69, 9.17) is 23.2 Å². The minimum Gasteiger partial charge on any atom is -0.281 e. The first-order valence-electron chi connectivity index (χ1n) is 6.56. The standard InChI is InChI=1S/C17H14Cl2O2/c18-16(20)10-13-7-5-12(6-8-13)9-14-3-1-2-4-15(14)11-17(19)21/h1-8H,9-11H2. The van der Waals surface area contributed by atoms with E-state index in [0.717, 1.165) is 28.7 Å². The number of carbonyl (C=O) groups is 2. The fraction of sp³-hybridized carbons (Fsp3) is 0.176. The fourth-order valence-electron chi connectivity index (χ4n) is 2.21. The first-order valence-corrected chi connectivity index (χ1v) is 7.31. The van der Waals surface area contributed by atoms with Crippen molar-refractivity contribution in [2.75, 3.05) is 0 Å². The summed E-state index contributed by atoms with van der Waals surface area (Å²) in [6.45, 7) is 0. The normalized spacial score (nSPS) is 10.4. The SMILES string of the molecule is O=C(Cl)Cc1ccc(Cc2ccccc2CC(=O)Cl)cc1. The molecule has 108 valence electrons. The second kappa shape index (κ2) is 7.39. The second-order valence-electron chi connectivity index (χ2n) is 4.83. The molecule has 0 aromatic heterocycles. The summed E-state index contributed by atoms with van der Waals surface area (Å²) in [6, 6.07) is 15.5. The van der Waals surface area contributed by atoms with Crippen LogP contribution in [0.25, 0.3) is 0 Å². The highest BCUT2D eigenvalue weighted by Crippen LogP contribution is 2.17. The van der Waals surface area contributed by atoms with Crippen molar-refractivity contribution in [3.05, 3.63) is 70.8 Å². The minimum atomic E-state index is -0.367. The lowest BCUT2D eigenvalue weighted by Crippen LogP contribution is -2.00. The quantitative estimate of drug-likeness (QED) is 0.756. The number of carbonyl (C=O) groups excluding carboxylic acids is 2. The molecule has 0 spiro atoms. The largest absolute Gasteiger partial charge is 0.281 e. The highest BCUT2D eigenvalue weighted by molar-refractivity contribution is 6.64. The maximum Gasteiger partial charge on any atom is 0.226 e. The number of rotatable bonds is 6. The van der Waals surface area contributed by atoms with E-state index in [2.05, 4.69) is 0 Å². The van der Waals surface area contributed by atoms with E-state index in [0.29, 0.717) is 0 Å². The average Bonchev–Trinajstić information content (AvgIpc) is 2.42. The summed E-state index contributed by atoms with van der Waals surface area (Å²) in [4.78, 5) is 21.9. The molecule has 0 radical (unpaired) electrons. The van der Waals surface area contributed by atoms with Crippen LogP contribution in [0, 0.1) is 0 Å². The van der Waals surface area contributed by atoms with Crippen LogP contribution in [0.5, 0.6) is 0 Å². The molecule has 2 aromatic rings. The van der Waals surface area contributed by atoms with Crippen LogP contribution in [-0.4, -0.2) is 10.5 Å². The van der Waals surface area contributed by atoms with Gasteiger partial charge in [0.25, 0.3) is 0 Å². The second-order valence-corrected chi connectivity index (χ2v) is 5.67. The van der Waals surface area contributed by atoms with Crippen molar-refractivity contribution >= 4 is 33.7 Å². The predicted molar refractivity (Wildman–Crippen MR) is 84.8 cm³/mol. The summed E-state index contributed by atoms with van der Waals surface area (Å²) < 4.78 is 0. The van der Waals surface area contributed by atoms with Crippen LogP contribution < -0.4 is 0 Å². The Bertz CT molecular complexity index is 648. The molecule has 21 heavy (non-hydrogen) atoms. The summed E-state index contributed by atoms with van der Waals surface area (Å²) in [5, 5.41) is -0.729. The first kappa shape index (κ1) is 15.7. The molecule has 0 aliphatic rings. The van der Waals surface area contributed by atoms with Crippen molar-refractivity contribution in [1.29, 1.82) is 0 Å². The lowest BCUT2D eigenvalue weighted by atomic mass is 9.97. The van der Waals surface area contributed by atoms with Gasteiger partial charge < -0.3 is 0 Å². The Hall–Kier alpha value is -1.64. The smallest absolute Gasteiger partial charge is 0.226 e. The van der Waals surface area contributed by atoms with Crippen molar-refractivity contribution in [2.45, 2.75) is 19.3 Å². The molecular weight excluding hydrogens is 307 g/mol. The van der Waals surface area contributed by atoms with E-state index in [9.17, 15) is 9.59 Å². The molecule has 0 aliphatic carbocycles. The Kier molecular flexibility index (Phi) is 5.54. The Morgan fingerprint density at radius 1 is 0.714 bits per heavy atom. The van der Waals surface area contributed by atoms with Gasteiger partial charge in [-0.2, -0.15) is 0 Å². The number of halogens is 2. The van der Waals surface area contributed by atoms with E-state index in [1.807, 2.05) is 48.5 Å². The van der Waals surface area contributed by atoms with Gasteiger partial charge >= 0.3 is 0 Å². The van der Waals surface area contributed by atoms with E-state index in [1.54, 1.807) is 0 Å². The van der Waals surface area contributed by atoms with E-state index in [-0.39, 0.29) is 23.3 Å². The maximum atomic E-state index is 11.1. The number of hydrogen-bond acceptors (Lipinski definition) is 2. The zero-order valence-electron chi connectivity index (χ0n) is 11.3. The van der Waals surface area contributed by atoms with Crippen molar-refractivity contribution in [2.24, 2.45) is 0 Å². The van der Waals surface area contributed by atoms with Crippen molar-refractivity contribution < 1.29 is 9.59 Å². The van der Waals surface area contributed by atoms with Crippen molar-refractivity contribution in [3.8, 4) is 0 Å². The number of benzene rings is 2. The van der Waals surface area contributed by atoms with Gasteiger partial charge in [-0.25, -0.2) is 0 Å². The predicted octanol–water partition coefficient (Wildman–Crippen LogP) is 3.89. The van der Waals surface area contributed by atoms with Gasteiger partial charge in [0.05, 0.1) is 0 Å². The van der Waals surface area contributed by atoms with Crippen LogP contribution in [0.3, 0.4) is 0 Å². The highest BCUT2D eigenvalue weighted by Gasteiger charge is 2.07. The summed E-state index contributed by atoms with van der Waals surface area (Å²) in [6.07, 6.45) is 1.19.